The van der Waals surface area contributed by atoms with Gasteiger partial charge in [-0.25, -0.2) is 8.42 Å². The van der Waals surface area contributed by atoms with Gasteiger partial charge in [-0.2, -0.15) is 4.31 Å². The van der Waals surface area contributed by atoms with Crippen molar-refractivity contribution in [2.45, 2.75) is 24.7 Å². The molecule has 26 heavy (non-hydrogen) atoms. The smallest absolute Gasteiger partial charge is 0.243 e. The summed E-state index contributed by atoms with van der Waals surface area (Å²) in [5.74, 6) is -0.283. The molecule has 1 saturated heterocycles. The van der Waals surface area contributed by atoms with Crippen LogP contribution in [-0.2, 0) is 14.8 Å². The SMILES string of the molecule is Cc1ccccc1S(=O)(=O)N1CCC(C(=O)Nc2ccc(Cl)cc2)CC1. The average Bonchev–Trinajstić information content (AvgIpc) is 2.64. The third-order valence-corrected chi connectivity index (χ3v) is 6.96. The van der Waals surface area contributed by atoms with Crippen LogP contribution in [0.15, 0.2) is 53.4 Å². The second kappa shape index (κ2) is 7.78. The molecular weight excluding hydrogens is 372 g/mol. The van der Waals surface area contributed by atoms with Crippen LogP contribution in [-0.4, -0.2) is 31.7 Å². The number of halogens is 1. The van der Waals surface area contributed by atoms with Crippen LogP contribution < -0.4 is 5.32 Å². The van der Waals surface area contributed by atoms with E-state index in [4.69, 9.17) is 11.6 Å². The summed E-state index contributed by atoms with van der Waals surface area (Å²) >= 11 is 5.84. The Labute approximate surface area is 159 Å². The highest BCUT2D eigenvalue weighted by Crippen LogP contribution is 2.26. The lowest BCUT2D eigenvalue weighted by molar-refractivity contribution is -0.120. The number of hydrogen-bond donors (Lipinski definition) is 1. The van der Waals surface area contributed by atoms with Gasteiger partial charge in [-0.1, -0.05) is 29.8 Å². The normalized spacial score (nSPS) is 16.4. The van der Waals surface area contributed by atoms with Crippen molar-refractivity contribution in [1.29, 1.82) is 0 Å². The van der Waals surface area contributed by atoms with E-state index in [1.807, 2.05) is 6.07 Å². The van der Waals surface area contributed by atoms with Gasteiger partial charge >= 0.3 is 0 Å². The Morgan fingerprint density at radius 3 is 2.31 bits per heavy atom. The van der Waals surface area contributed by atoms with Crippen molar-refractivity contribution in [2.24, 2.45) is 5.92 Å². The Bertz CT molecular complexity index is 889. The molecule has 1 heterocycles. The molecule has 1 aliphatic rings. The highest BCUT2D eigenvalue weighted by molar-refractivity contribution is 7.89. The van der Waals surface area contributed by atoms with Crippen LogP contribution in [0.25, 0.3) is 0 Å². The lowest BCUT2D eigenvalue weighted by atomic mass is 9.97. The second-order valence-corrected chi connectivity index (χ2v) is 8.78. The summed E-state index contributed by atoms with van der Waals surface area (Å²) in [4.78, 5) is 12.8. The standard InChI is InChI=1S/C19H21ClN2O3S/c1-14-4-2-3-5-18(14)26(24,25)22-12-10-15(11-13-22)19(23)21-17-8-6-16(20)7-9-17/h2-9,15H,10-13H2,1H3,(H,21,23). The molecule has 0 aromatic heterocycles. The van der Waals surface area contributed by atoms with Crippen LogP contribution in [0.3, 0.4) is 0 Å². The summed E-state index contributed by atoms with van der Waals surface area (Å²) in [5.41, 5.74) is 1.42. The minimum atomic E-state index is -3.52. The molecule has 1 N–H and O–H groups in total. The van der Waals surface area contributed by atoms with Crippen LogP contribution in [0.4, 0.5) is 5.69 Å². The van der Waals surface area contributed by atoms with Gasteiger partial charge < -0.3 is 5.32 Å². The molecular formula is C19H21ClN2O3S. The van der Waals surface area contributed by atoms with E-state index in [2.05, 4.69) is 5.32 Å². The second-order valence-electron chi connectivity index (χ2n) is 6.44. The van der Waals surface area contributed by atoms with E-state index in [1.54, 1.807) is 49.4 Å². The first kappa shape index (κ1) is 18.9. The van der Waals surface area contributed by atoms with Crippen molar-refractivity contribution >= 4 is 33.2 Å². The molecule has 0 atom stereocenters. The third-order valence-electron chi connectivity index (χ3n) is 4.65. The maximum absolute atomic E-state index is 12.8. The van der Waals surface area contributed by atoms with Gasteiger partial charge in [0, 0.05) is 29.7 Å². The van der Waals surface area contributed by atoms with Crippen molar-refractivity contribution in [3.63, 3.8) is 0 Å². The van der Waals surface area contributed by atoms with Crippen molar-refractivity contribution < 1.29 is 13.2 Å². The maximum atomic E-state index is 12.8. The predicted molar refractivity (Wildman–Crippen MR) is 103 cm³/mol. The molecule has 5 nitrogen and oxygen atoms in total. The minimum absolute atomic E-state index is 0.0831. The van der Waals surface area contributed by atoms with Crippen molar-refractivity contribution in [2.75, 3.05) is 18.4 Å². The van der Waals surface area contributed by atoms with E-state index in [-0.39, 0.29) is 11.8 Å². The largest absolute Gasteiger partial charge is 0.326 e. The highest BCUT2D eigenvalue weighted by Gasteiger charge is 2.32. The monoisotopic (exact) mass is 392 g/mol. The van der Waals surface area contributed by atoms with Crippen LogP contribution in [0.2, 0.25) is 5.02 Å². The zero-order chi connectivity index (χ0) is 18.7. The summed E-state index contributed by atoms with van der Waals surface area (Å²) in [6.45, 7) is 2.48. The Kier molecular flexibility index (Phi) is 5.65. The van der Waals surface area contributed by atoms with Crippen molar-refractivity contribution in [3.05, 3.63) is 59.1 Å². The lowest BCUT2D eigenvalue weighted by Gasteiger charge is -2.31. The fraction of sp³-hybridized carbons (Fsp3) is 0.316. The minimum Gasteiger partial charge on any atom is -0.326 e. The van der Waals surface area contributed by atoms with E-state index >= 15 is 0 Å². The Hall–Kier alpha value is -1.89. The van der Waals surface area contributed by atoms with Gasteiger partial charge in [-0.05, 0) is 55.7 Å². The number of carbonyl (C=O) groups excluding carboxylic acids is 1. The van der Waals surface area contributed by atoms with Gasteiger partial charge in [-0.15, -0.1) is 0 Å². The zero-order valence-electron chi connectivity index (χ0n) is 14.5. The van der Waals surface area contributed by atoms with Crippen LogP contribution in [0.1, 0.15) is 18.4 Å². The van der Waals surface area contributed by atoms with Gasteiger partial charge in [0.25, 0.3) is 0 Å². The first-order valence-electron chi connectivity index (χ1n) is 8.50. The molecule has 1 fully saturated rings. The molecule has 0 radical (unpaired) electrons. The van der Waals surface area contributed by atoms with Gasteiger partial charge in [0.15, 0.2) is 0 Å². The van der Waals surface area contributed by atoms with Gasteiger partial charge in [0.05, 0.1) is 4.90 Å². The van der Waals surface area contributed by atoms with E-state index in [0.717, 1.165) is 5.56 Å². The molecule has 1 aliphatic heterocycles. The first-order chi connectivity index (χ1) is 12.4. The Morgan fingerprint density at radius 1 is 1.08 bits per heavy atom. The van der Waals surface area contributed by atoms with Gasteiger partial charge in [-0.3, -0.25) is 4.79 Å². The van der Waals surface area contributed by atoms with Crippen molar-refractivity contribution in [1.82, 2.24) is 4.31 Å². The van der Waals surface area contributed by atoms with Gasteiger partial charge in [0.1, 0.15) is 0 Å². The number of nitrogens with zero attached hydrogens (tertiary/aromatic N) is 1. The third kappa shape index (κ3) is 4.09. The Morgan fingerprint density at radius 2 is 1.69 bits per heavy atom. The van der Waals surface area contributed by atoms with Crippen LogP contribution in [0, 0.1) is 12.8 Å². The average molecular weight is 393 g/mol. The molecule has 138 valence electrons. The maximum Gasteiger partial charge on any atom is 0.243 e. The fourth-order valence-corrected chi connectivity index (χ4v) is 4.94. The Balaban J connectivity index is 1.62. The highest BCUT2D eigenvalue weighted by atomic mass is 35.5. The zero-order valence-corrected chi connectivity index (χ0v) is 16.1. The molecule has 0 unspecified atom stereocenters. The number of piperidine rings is 1. The summed E-state index contributed by atoms with van der Waals surface area (Å²) in [7, 11) is -3.52. The fourth-order valence-electron chi connectivity index (χ4n) is 3.12. The quantitative estimate of drug-likeness (QED) is 0.862. The summed E-state index contributed by atoms with van der Waals surface area (Å²) in [6, 6.07) is 13.9. The number of nitrogens with one attached hydrogen (secondary N) is 1. The number of carbonyl (C=O) groups is 1. The number of benzene rings is 2. The number of amides is 1. The number of sulfonamides is 1. The molecule has 0 saturated carbocycles. The number of aryl methyl sites for hydroxylation is 1. The van der Waals surface area contributed by atoms with E-state index in [9.17, 15) is 13.2 Å². The topological polar surface area (TPSA) is 66.5 Å². The molecule has 0 aliphatic carbocycles. The molecule has 1 amide bonds. The molecule has 0 spiro atoms. The van der Waals surface area contributed by atoms with Gasteiger partial charge in [0.2, 0.25) is 15.9 Å². The number of rotatable bonds is 4. The number of hydrogen-bond acceptors (Lipinski definition) is 3. The molecule has 2 aromatic rings. The molecule has 0 bridgehead atoms. The first-order valence-corrected chi connectivity index (χ1v) is 10.3. The summed E-state index contributed by atoms with van der Waals surface area (Å²) < 4.78 is 27.1. The van der Waals surface area contributed by atoms with E-state index in [0.29, 0.717) is 41.5 Å². The molecule has 3 rings (SSSR count). The van der Waals surface area contributed by atoms with Crippen LogP contribution in [0.5, 0.6) is 0 Å². The van der Waals surface area contributed by atoms with Crippen molar-refractivity contribution in [3.8, 4) is 0 Å². The lowest BCUT2D eigenvalue weighted by Crippen LogP contribution is -2.41. The summed E-state index contributed by atoms with van der Waals surface area (Å²) in [5, 5.41) is 3.48. The van der Waals surface area contributed by atoms with E-state index in [1.165, 1.54) is 4.31 Å². The van der Waals surface area contributed by atoms with Crippen LogP contribution >= 0.6 is 11.6 Å². The summed E-state index contributed by atoms with van der Waals surface area (Å²) in [6.07, 6.45) is 1.01. The van der Waals surface area contributed by atoms with E-state index < -0.39 is 10.0 Å². The predicted octanol–water partition coefficient (Wildman–Crippen LogP) is 3.69. The number of anilines is 1. The molecule has 7 heteroatoms. The molecule has 2 aromatic carbocycles.